The molecule has 0 radical (unpaired) electrons. The van der Waals surface area contributed by atoms with Crippen LogP contribution in [0.1, 0.15) is 22.2 Å². The number of hydrogen-bond donors (Lipinski definition) is 1. The van der Waals surface area contributed by atoms with Gasteiger partial charge in [0.1, 0.15) is 5.01 Å². The highest BCUT2D eigenvalue weighted by Crippen LogP contribution is 2.36. The Labute approximate surface area is 198 Å². The fraction of sp³-hybridized carbons (Fsp3) is 0.120. The van der Waals surface area contributed by atoms with Gasteiger partial charge in [-0.25, -0.2) is 4.98 Å². The third kappa shape index (κ3) is 5.79. The van der Waals surface area contributed by atoms with Gasteiger partial charge in [0.2, 0.25) is 0 Å². The molecule has 0 aliphatic carbocycles. The molecule has 1 amide bonds. The van der Waals surface area contributed by atoms with E-state index in [0.29, 0.717) is 11.3 Å². The van der Waals surface area contributed by atoms with Crippen molar-refractivity contribution in [3.05, 3.63) is 82.6 Å². The fourth-order valence-electron chi connectivity index (χ4n) is 3.10. The van der Waals surface area contributed by atoms with Gasteiger partial charge in [0.05, 0.1) is 17.0 Å². The number of benzene rings is 2. The lowest BCUT2D eigenvalue weighted by atomic mass is 10.1. The molecule has 1 N–H and O–H groups in total. The minimum absolute atomic E-state index is 0.0261. The van der Waals surface area contributed by atoms with Gasteiger partial charge in [-0.05, 0) is 42.6 Å². The Morgan fingerprint density at radius 1 is 0.970 bits per heavy atom. The van der Waals surface area contributed by atoms with Crippen molar-refractivity contribution in [3.63, 3.8) is 0 Å². The zero-order valence-corrected chi connectivity index (χ0v) is 19.4. The number of thiazole rings is 1. The highest BCUT2D eigenvalue weighted by Gasteiger charge is 2.19. The number of nitrogens with one attached hydrogen (secondary N) is 1. The van der Waals surface area contributed by atoms with Crippen molar-refractivity contribution in [3.8, 4) is 21.1 Å². The van der Waals surface area contributed by atoms with Gasteiger partial charge in [-0.1, -0.05) is 36.4 Å². The van der Waals surface area contributed by atoms with Crippen LogP contribution >= 0.6 is 22.7 Å². The maximum Gasteiger partial charge on any atom is 0.311 e. The van der Waals surface area contributed by atoms with Crippen LogP contribution in [0.5, 0.6) is 0 Å². The molecule has 0 aliphatic heterocycles. The molecule has 33 heavy (non-hydrogen) atoms. The highest BCUT2D eigenvalue weighted by atomic mass is 32.1. The average Bonchev–Trinajstić information content (AvgIpc) is 3.49. The summed E-state index contributed by atoms with van der Waals surface area (Å²) in [7, 11) is 0. The van der Waals surface area contributed by atoms with Gasteiger partial charge in [-0.2, -0.15) is 0 Å². The Bertz CT molecular complexity index is 1260. The zero-order chi connectivity index (χ0) is 23.2. The van der Waals surface area contributed by atoms with Crippen molar-refractivity contribution < 1.29 is 19.1 Å². The Balaban J connectivity index is 1.40. The number of esters is 1. The van der Waals surface area contributed by atoms with Gasteiger partial charge in [-0.3, -0.25) is 14.4 Å². The number of carbonyl (C=O) groups excluding carboxylic acids is 3. The number of ketones is 1. The maximum absolute atomic E-state index is 12.5. The average molecular weight is 477 g/mol. The molecular formula is C25H20N2O4S2. The summed E-state index contributed by atoms with van der Waals surface area (Å²) in [4.78, 5) is 42.5. The number of rotatable bonds is 8. The number of nitrogens with zero attached hydrogens (tertiary/aromatic N) is 1. The molecule has 0 atom stereocenters. The fourth-order valence-corrected chi connectivity index (χ4v) is 4.97. The summed E-state index contributed by atoms with van der Waals surface area (Å²) < 4.78 is 5.21. The number of ether oxygens (including phenoxy) is 1. The van der Waals surface area contributed by atoms with E-state index in [9.17, 15) is 14.4 Å². The Morgan fingerprint density at radius 2 is 1.73 bits per heavy atom. The van der Waals surface area contributed by atoms with Gasteiger partial charge < -0.3 is 10.1 Å². The van der Waals surface area contributed by atoms with Crippen molar-refractivity contribution in [1.82, 2.24) is 4.98 Å². The number of amides is 1. The summed E-state index contributed by atoms with van der Waals surface area (Å²) in [5, 5.41) is 5.44. The number of carbonyl (C=O) groups is 3. The summed E-state index contributed by atoms with van der Waals surface area (Å²) in [5.41, 5.74) is 2.83. The maximum atomic E-state index is 12.5. The van der Waals surface area contributed by atoms with E-state index in [2.05, 4.69) is 5.32 Å². The molecule has 166 valence electrons. The van der Waals surface area contributed by atoms with Crippen LogP contribution in [0.25, 0.3) is 21.1 Å². The lowest BCUT2D eigenvalue weighted by Crippen LogP contribution is -2.21. The molecule has 0 fully saturated rings. The molecule has 6 nitrogen and oxygen atoms in total. The van der Waals surface area contributed by atoms with E-state index in [-0.39, 0.29) is 12.2 Å². The SMILES string of the molecule is CC(=O)c1ccc(NC(=O)COC(=O)Cc2sc(-c3ccccc3)nc2-c2cccs2)cc1. The van der Waals surface area contributed by atoms with Crippen LogP contribution in [0.4, 0.5) is 5.69 Å². The van der Waals surface area contributed by atoms with Crippen molar-refractivity contribution >= 4 is 46.0 Å². The van der Waals surface area contributed by atoms with E-state index in [4.69, 9.17) is 9.72 Å². The van der Waals surface area contributed by atoms with Crippen LogP contribution in [0.15, 0.2) is 72.1 Å². The van der Waals surface area contributed by atoms with E-state index in [1.807, 2.05) is 47.8 Å². The molecule has 0 spiro atoms. The zero-order valence-electron chi connectivity index (χ0n) is 17.7. The number of aromatic nitrogens is 1. The lowest BCUT2D eigenvalue weighted by molar-refractivity contribution is -0.146. The molecular weight excluding hydrogens is 456 g/mol. The predicted molar refractivity (Wildman–Crippen MR) is 131 cm³/mol. The molecule has 0 aliphatic rings. The molecule has 0 saturated heterocycles. The van der Waals surface area contributed by atoms with Gasteiger partial charge in [-0.15, -0.1) is 22.7 Å². The lowest BCUT2D eigenvalue weighted by Gasteiger charge is -2.07. The third-order valence-electron chi connectivity index (χ3n) is 4.72. The van der Waals surface area contributed by atoms with Crippen LogP contribution in [-0.2, 0) is 20.7 Å². The van der Waals surface area contributed by atoms with Crippen molar-refractivity contribution in [2.24, 2.45) is 0 Å². The first kappa shape index (κ1) is 22.6. The monoisotopic (exact) mass is 476 g/mol. The molecule has 2 heterocycles. The molecule has 0 unspecified atom stereocenters. The first-order valence-corrected chi connectivity index (χ1v) is 11.8. The third-order valence-corrected chi connectivity index (χ3v) is 6.70. The summed E-state index contributed by atoms with van der Waals surface area (Å²) in [6.45, 7) is 1.08. The van der Waals surface area contributed by atoms with Crippen LogP contribution < -0.4 is 5.32 Å². The summed E-state index contributed by atoms with van der Waals surface area (Å²) in [5.74, 6) is -1.01. The molecule has 8 heteroatoms. The molecule has 0 bridgehead atoms. The quantitative estimate of drug-likeness (QED) is 0.269. The second-order valence-corrected chi connectivity index (χ2v) is 9.18. The molecule has 0 saturated carbocycles. The van der Waals surface area contributed by atoms with Crippen molar-refractivity contribution in [1.29, 1.82) is 0 Å². The molecule has 4 rings (SSSR count). The number of anilines is 1. The number of hydrogen-bond acceptors (Lipinski definition) is 7. The first-order chi connectivity index (χ1) is 16.0. The van der Waals surface area contributed by atoms with Gasteiger partial charge in [0.15, 0.2) is 12.4 Å². The Hall–Kier alpha value is -3.62. The second kappa shape index (κ2) is 10.3. The van der Waals surface area contributed by atoms with Crippen LogP contribution in [0.2, 0.25) is 0 Å². The van der Waals surface area contributed by atoms with Gasteiger partial charge in [0.25, 0.3) is 5.91 Å². The molecule has 4 aromatic rings. The van der Waals surface area contributed by atoms with Crippen LogP contribution in [-0.4, -0.2) is 29.3 Å². The van der Waals surface area contributed by atoms with Crippen LogP contribution in [0.3, 0.4) is 0 Å². The normalized spacial score (nSPS) is 10.6. The van der Waals surface area contributed by atoms with Crippen molar-refractivity contribution in [2.45, 2.75) is 13.3 Å². The minimum Gasteiger partial charge on any atom is -0.455 e. The first-order valence-electron chi connectivity index (χ1n) is 10.1. The van der Waals surface area contributed by atoms with Gasteiger partial charge in [0, 0.05) is 21.7 Å². The summed E-state index contributed by atoms with van der Waals surface area (Å²) >= 11 is 3.00. The minimum atomic E-state index is -0.502. The van der Waals surface area contributed by atoms with Crippen molar-refractivity contribution in [2.75, 3.05) is 11.9 Å². The van der Waals surface area contributed by atoms with E-state index in [1.165, 1.54) is 18.3 Å². The molecule has 2 aromatic carbocycles. The van der Waals surface area contributed by atoms with E-state index in [1.54, 1.807) is 35.6 Å². The summed E-state index contributed by atoms with van der Waals surface area (Å²) in [6, 6.07) is 20.2. The summed E-state index contributed by atoms with van der Waals surface area (Å²) in [6.07, 6.45) is 0.0261. The highest BCUT2D eigenvalue weighted by molar-refractivity contribution is 7.17. The topological polar surface area (TPSA) is 85.4 Å². The second-order valence-electron chi connectivity index (χ2n) is 7.15. The van der Waals surface area contributed by atoms with Crippen LogP contribution in [0, 0.1) is 0 Å². The largest absolute Gasteiger partial charge is 0.455 e. The molecule has 2 aromatic heterocycles. The van der Waals surface area contributed by atoms with E-state index in [0.717, 1.165) is 26.0 Å². The van der Waals surface area contributed by atoms with E-state index >= 15 is 0 Å². The Kier molecular flexibility index (Phi) is 7.07. The standard InChI is InChI=1S/C25H20N2O4S2/c1-16(28)17-9-11-19(12-10-17)26-22(29)15-31-23(30)14-21-24(20-8-5-13-32-20)27-25(33-21)18-6-3-2-4-7-18/h2-13H,14-15H2,1H3,(H,26,29). The number of Topliss-reactive ketones (excluding diaryl/α,β-unsaturated/α-hetero) is 1. The smallest absolute Gasteiger partial charge is 0.311 e. The predicted octanol–water partition coefficient (Wildman–Crippen LogP) is 5.47. The number of thiophene rings is 1. The van der Waals surface area contributed by atoms with Gasteiger partial charge >= 0.3 is 5.97 Å². The Morgan fingerprint density at radius 3 is 2.39 bits per heavy atom. The van der Waals surface area contributed by atoms with E-state index < -0.39 is 18.5 Å².